The average Bonchev–Trinajstić information content (AvgIpc) is 2.45. The molecule has 0 saturated heterocycles. The minimum absolute atomic E-state index is 0.552. The summed E-state index contributed by atoms with van der Waals surface area (Å²) in [7, 11) is 0. The smallest absolute Gasteiger partial charge is 0.161 e. The maximum atomic E-state index is 10.5. The SMILES string of the molecule is Cc1cc(C)cc(C(O)c2ccc3c(c2)OCCO3)c1. The van der Waals surface area contributed by atoms with Crippen molar-refractivity contribution in [2.75, 3.05) is 13.2 Å². The zero-order valence-electron chi connectivity index (χ0n) is 11.7. The molecule has 1 unspecified atom stereocenters. The predicted molar refractivity (Wildman–Crippen MR) is 77.4 cm³/mol. The third kappa shape index (κ3) is 2.49. The van der Waals surface area contributed by atoms with Crippen molar-refractivity contribution in [3.05, 3.63) is 58.7 Å². The Kier molecular flexibility index (Phi) is 3.36. The summed E-state index contributed by atoms with van der Waals surface area (Å²) >= 11 is 0. The first-order chi connectivity index (χ1) is 9.63. The van der Waals surface area contributed by atoms with Crippen LogP contribution in [0.2, 0.25) is 0 Å². The van der Waals surface area contributed by atoms with Gasteiger partial charge in [-0.2, -0.15) is 0 Å². The van der Waals surface area contributed by atoms with Gasteiger partial charge in [0.15, 0.2) is 11.5 Å². The van der Waals surface area contributed by atoms with E-state index in [-0.39, 0.29) is 0 Å². The van der Waals surface area contributed by atoms with E-state index in [1.807, 2.05) is 44.2 Å². The lowest BCUT2D eigenvalue weighted by Gasteiger charge is -2.20. The van der Waals surface area contributed by atoms with E-state index in [2.05, 4.69) is 6.07 Å². The van der Waals surface area contributed by atoms with E-state index in [0.717, 1.165) is 28.0 Å². The second-order valence-electron chi connectivity index (χ2n) is 5.23. The number of hydrogen-bond donors (Lipinski definition) is 1. The van der Waals surface area contributed by atoms with Crippen LogP contribution in [-0.4, -0.2) is 18.3 Å². The normalized spacial score (nSPS) is 14.9. The van der Waals surface area contributed by atoms with Gasteiger partial charge in [-0.05, 0) is 37.1 Å². The van der Waals surface area contributed by atoms with Gasteiger partial charge in [0, 0.05) is 0 Å². The molecule has 3 rings (SSSR count). The Labute approximate surface area is 118 Å². The van der Waals surface area contributed by atoms with Gasteiger partial charge < -0.3 is 14.6 Å². The first kappa shape index (κ1) is 13.0. The third-order valence-corrected chi connectivity index (χ3v) is 3.44. The van der Waals surface area contributed by atoms with Crippen LogP contribution in [0.5, 0.6) is 11.5 Å². The number of fused-ring (bicyclic) bond motifs is 1. The molecule has 0 radical (unpaired) electrons. The fraction of sp³-hybridized carbons (Fsp3) is 0.294. The summed E-state index contributed by atoms with van der Waals surface area (Å²) in [5.74, 6) is 1.45. The molecular formula is C17H18O3. The van der Waals surface area contributed by atoms with Gasteiger partial charge in [0.2, 0.25) is 0 Å². The lowest BCUT2D eigenvalue weighted by Crippen LogP contribution is -2.15. The predicted octanol–water partition coefficient (Wildman–Crippen LogP) is 3.16. The maximum Gasteiger partial charge on any atom is 0.161 e. The van der Waals surface area contributed by atoms with Crippen molar-refractivity contribution in [1.29, 1.82) is 0 Å². The number of ether oxygens (including phenoxy) is 2. The quantitative estimate of drug-likeness (QED) is 0.911. The number of benzene rings is 2. The molecule has 2 aromatic rings. The highest BCUT2D eigenvalue weighted by Crippen LogP contribution is 2.34. The molecule has 1 atom stereocenters. The van der Waals surface area contributed by atoms with E-state index < -0.39 is 6.10 Å². The van der Waals surface area contributed by atoms with Crippen LogP contribution in [0.1, 0.15) is 28.4 Å². The zero-order chi connectivity index (χ0) is 14.1. The fourth-order valence-electron chi connectivity index (χ4n) is 2.59. The third-order valence-electron chi connectivity index (χ3n) is 3.44. The largest absolute Gasteiger partial charge is 0.486 e. The van der Waals surface area contributed by atoms with E-state index in [1.165, 1.54) is 0 Å². The molecule has 0 amide bonds. The minimum atomic E-state index is -0.649. The number of hydrogen-bond acceptors (Lipinski definition) is 3. The van der Waals surface area contributed by atoms with Crippen LogP contribution in [0, 0.1) is 13.8 Å². The van der Waals surface area contributed by atoms with Crippen molar-refractivity contribution in [2.45, 2.75) is 20.0 Å². The Morgan fingerprint density at radius 3 is 2.20 bits per heavy atom. The van der Waals surface area contributed by atoms with Gasteiger partial charge >= 0.3 is 0 Å². The first-order valence-electron chi connectivity index (χ1n) is 6.79. The maximum absolute atomic E-state index is 10.5. The van der Waals surface area contributed by atoms with Gasteiger partial charge in [-0.3, -0.25) is 0 Å². The molecule has 0 aromatic heterocycles. The number of rotatable bonds is 2. The Bertz CT molecular complexity index is 614. The molecule has 1 heterocycles. The van der Waals surface area contributed by atoms with Crippen LogP contribution >= 0.6 is 0 Å². The summed E-state index contributed by atoms with van der Waals surface area (Å²) in [6.07, 6.45) is -0.649. The van der Waals surface area contributed by atoms with E-state index in [0.29, 0.717) is 19.0 Å². The van der Waals surface area contributed by atoms with Gasteiger partial charge in [-0.1, -0.05) is 35.4 Å². The van der Waals surface area contributed by atoms with Gasteiger partial charge in [-0.15, -0.1) is 0 Å². The Balaban J connectivity index is 1.95. The number of aryl methyl sites for hydroxylation is 2. The lowest BCUT2D eigenvalue weighted by molar-refractivity contribution is 0.169. The van der Waals surface area contributed by atoms with Crippen LogP contribution in [0.25, 0.3) is 0 Å². The standard InChI is InChI=1S/C17H18O3/c1-11-7-12(2)9-14(8-11)17(18)13-3-4-15-16(10-13)20-6-5-19-15/h3-4,7-10,17-18H,5-6H2,1-2H3. The van der Waals surface area contributed by atoms with Crippen molar-refractivity contribution >= 4 is 0 Å². The Hall–Kier alpha value is -2.00. The molecule has 0 spiro atoms. The summed E-state index contributed by atoms with van der Waals surface area (Å²) in [4.78, 5) is 0. The van der Waals surface area contributed by atoms with Crippen LogP contribution < -0.4 is 9.47 Å². The molecule has 20 heavy (non-hydrogen) atoms. The lowest BCUT2D eigenvalue weighted by atomic mass is 9.97. The van der Waals surface area contributed by atoms with Gasteiger partial charge in [-0.25, -0.2) is 0 Å². The van der Waals surface area contributed by atoms with Crippen molar-refractivity contribution in [3.63, 3.8) is 0 Å². The van der Waals surface area contributed by atoms with Gasteiger partial charge in [0.05, 0.1) is 0 Å². The van der Waals surface area contributed by atoms with Crippen molar-refractivity contribution < 1.29 is 14.6 Å². The summed E-state index contributed by atoms with van der Waals surface area (Å²) in [5.41, 5.74) is 4.02. The topological polar surface area (TPSA) is 38.7 Å². The highest BCUT2D eigenvalue weighted by Gasteiger charge is 2.17. The molecule has 0 saturated carbocycles. The van der Waals surface area contributed by atoms with Gasteiger partial charge in [0.25, 0.3) is 0 Å². The molecule has 1 N–H and O–H groups in total. The van der Waals surface area contributed by atoms with E-state index in [4.69, 9.17) is 9.47 Å². The molecular weight excluding hydrogens is 252 g/mol. The molecule has 2 aromatic carbocycles. The first-order valence-corrected chi connectivity index (χ1v) is 6.79. The van der Waals surface area contributed by atoms with Crippen LogP contribution in [0.15, 0.2) is 36.4 Å². The molecule has 0 bridgehead atoms. The van der Waals surface area contributed by atoms with Crippen molar-refractivity contribution in [3.8, 4) is 11.5 Å². The number of aliphatic hydroxyl groups excluding tert-OH is 1. The minimum Gasteiger partial charge on any atom is -0.486 e. The van der Waals surface area contributed by atoms with Crippen molar-refractivity contribution in [1.82, 2.24) is 0 Å². The van der Waals surface area contributed by atoms with Crippen LogP contribution in [-0.2, 0) is 0 Å². The van der Waals surface area contributed by atoms with E-state index >= 15 is 0 Å². The fourth-order valence-corrected chi connectivity index (χ4v) is 2.59. The Morgan fingerprint density at radius 2 is 1.50 bits per heavy atom. The molecule has 0 fully saturated rings. The monoisotopic (exact) mass is 270 g/mol. The summed E-state index contributed by atoms with van der Waals surface area (Å²) in [6.45, 7) is 5.20. The Morgan fingerprint density at radius 1 is 0.850 bits per heavy atom. The second-order valence-corrected chi connectivity index (χ2v) is 5.23. The average molecular weight is 270 g/mol. The molecule has 0 aliphatic carbocycles. The molecule has 1 aliphatic heterocycles. The summed E-state index contributed by atoms with van der Waals surface area (Å²) in [5, 5.41) is 10.5. The van der Waals surface area contributed by atoms with Crippen molar-refractivity contribution in [2.24, 2.45) is 0 Å². The zero-order valence-corrected chi connectivity index (χ0v) is 11.7. The molecule has 3 heteroatoms. The van der Waals surface area contributed by atoms with Gasteiger partial charge in [0.1, 0.15) is 19.3 Å². The number of aliphatic hydroxyl groups is 1. The second kappa shape index (κ2) is 5.17. The van der Waals surface area contributed by atoms with Crippen LogP contribution in [0.4, 0.5) is 0 Å². The highest BCUT2D eigenvalue weighted by atomic mass is 16.6. The summed E-state index contributed by atoms with van der Waals surface area (Å²) in [6, 6.07) is 11.7. The highest BCUT2D eigenvalue weighted by molar-refractivity contribution is 5.46. The molecule has 1 aliphatic rings. The van der Waals surface area contributed by atoms with Crippen LogP contribution in [0.3, 0.4) is 0 Å². The summed E-state index contributed by atoms with van der Waals surface area (Å²) < 4.78 is 11.1. The molecule has 3 nitrogen and oxygen atoms in total. The van der Waals surface area contributed by atoms with E-state index in [9.17, 15) is 5.11 Å². The van der Waals surface area contributed by atoms with E-state index in [1.54, 1.807) is 0 Å². The molecule has 104 valence electrons.